The van der Waals surface area contributed by atoms with E-state index >= 15 is 0 Å². The second-order valence-electron chi connectivity index (χ2n) is 5.53. The SMILES string of the molecule is O[C@]1(c2ccc(F)c(Cl)c2)CC[C@@H]2CNCCN2C1. The van der Waals surface area contributed by atoms with Crippen LogP contribution in [0.2, 0.25) is 5.02 Å². The van der Waals surface area contributed by atoms with Gasteiger partial charge in [-0.3, -0.25) is 4.90 Å². The van der Waals surface area contributed by atoms with E-state index in [1.54, 1.807) is 12.1 Å². The zero-order chi connectivity index (χ0) is 13.5. The Bertz CT molecular complexity index is 485. The minimum Gasteiger partial charge on any atom is -0.384 e. The number of nitrogens with zero attached hydrogens (tertiary/aromatic N) is 1. The van der Waals surface area contributed by atoms with Crippen molar-refractivity contribution >= 4 is 11.6 Å². The van der Waals surface area contributed by atoms with Crippen molar-refractivity contribution in [1.29, 1.82) is 0 Å². The molecule has 0 saturated carbocycles. The molecule has 3 rings (SSSR count). The van der Waals surface area contributed by atoms with Gasteiger partial charge in [0.2, 0.25) is 0 Å². The molecule has 2 atom stereocenters. The van der Waals surface area contributed by atoms with E-state index < -0.39 is 11.4 Å². The lowest BCUT2D eigenvalue weighted by Gasteiger charge is -2.47. The van der Waals surface area contributed by atoms with Gasteiger partial charge in [-0.05, 0) is 30.5 Å². The molecule has 2 saturated heterocycles. The molecule has 3 nitrogen and oxygen atoms in total. The highest BCUT2D eigenvalue weighted by molar-refractivity contribution is 6.30. The van der Waals surface area contributed by atoms with Gasteiger partial charge in [-0.2, -0.15) is 0 Å². The first-order chi connectivity index (χ1) is 9.08. The molecule has 0 spiro atoms. The van der Waals surface area contributed by atoms with Gasteiger partial charge in [0.1, 0.15) is 11.4 Å². The second-order valence-corrected chi connectivity index (χ2v) is 5.93. The lowest BCUT2D eigenvalue weighted by Crippen LogP contribution is -2.59. The molecule has 0 unspecified atom stereocenters. The molecular formula is C14H18ClFN2O. The highest BCUT2D eigenvalue weighted by Gasteiger charge is 2.40. The lowest BCUT2D eigenvalue weighted by molar-refractivity contribution is -0.0624. The molecule has 0 aromatic heterocycles. The van der Waals surface area contributed by atoms with E-state index in [4.69, 9.17) is 11.6 Å². The van der Waals surface area contributed by atoms with Gasteiger partial charge in [0.05, 0.1) is 5.02 Å². The van der Waals surface area contributed by atoms with Crippen LogP contribution in [0.1, 0.15) is 18.4 Å². The molecule has 2 fully saturated rings. The maximum atomic E-state index is 13.2. The Kier molecular flexibility index (Phi) is 3.52. The van der Waals surface area contributed by atoms with Gasteiger partial charge in [-0.25, -0.2) is 4.39 Å². The summed E-state index contributed by atoms with van der Waals surface area (Å²) in [7, 11) is 0. The molecule has 2 N–H and O–H groups in total. The van der Waals surface area contributed by atoms with Crippen LogP contribution in [0.15, 0.2) is 18.2 Å². The Balaban J connectivity index is 1.84. The standard InChI is InChI=1S/C14H18ClFN2O/c15-12-7-10(1-2-13(12)16)14(19)4-3-11-8-17-5-6-18(11)9-14/h1-2,7,11,17,19H,3-6,8-9H2/t11-,14-/m1/s1. The zero-order valence-electron chi connectivity index (χ0n) is 10.7. The van der Waals surface area contributed by atoms with Crippen molar-refractivity contribution in [1.82, 2.24) is 10.2 Å². The Morgan fingerprint density at radius 1 is 1.47 bits per heavy atom. The predicted molar refractivity (Wildman–Crippen MR) is 72.8 cm³/mol. The number of hydrogen-bond donors (Lipinski definition) is 2. The van der Waals surface area contributed by atoms with Crippen LogP contribution in [0.4, 0.5) is 4.39 Å². The van der Waals surface area contributed by atoms with Crippen LogP contribution >= 0.6 is 11.6 Å². The first kappa shape index (κ1) is 13.3. The van der Waals surface area contributed by atoms with Crippen LogP contribution in [0, 0.1) is 5.82 Å². The van der Waals surface area contributed by atoms with E-state index in [9.17, 15) is 9.50 Å². The van der Waals surface area contributed by atoms with Crippen LogP contribution in [0.3, 0.4) is 0 Å². The number of nitrogens with one attached hydrogen (secondary N) is 1. The van der Waals surface area contributed by atoms with Gasteiger partial charge in [-0.15, -0.1) is 0 Å². The van der Waals surface area contributed by atoms with Crippen molar-refractivity contribution in [2.75, 3.05) is 26.2 Å². The van der Waals surface area contributed by atoms with Gasteiger partial charge < -0.3 is 10.4 Å². The normalized spacial score (nSPS) is 32.1. The van der Waals surface area contributed by atoms with Gasteiger partial charge in [-0.1, -0.05) is 17.7 Å². The number of rotatable bonds is 1. The molecule has 19 heavy (non-hydrogen) atoms. The summed E-state index contributed by atoms with van der Waals surface area (Å²) in [6.07, 6.45) is 1.64. The molecule has 2 aliphatic rings. The Labute approximate surface area is 117 Å². The Morgan fingerprint density at radius 2 is 2.32 bits per heavy atom. The largest absolute Gasteiger partial charge is 0.384 e. The molecule has 0 aliphatic carbocycles. The van der Waals surface area contributed by atoms with Gasteiger partial charge >= 0.3 is 0 Å². The number of piperidine rings is 1. The number of halogens is 2. The summed E-state index contributed by atoms with van der Waals surface area (Å²) in [6, 6.07) is 5.03. The smallest absolute Gasteiger partial charge is 0.141 e. The molecule has 2 heterocycles. The van der Waals surface area contributed by atoms with Crippen LogP contribution in [-0.2, 0) is 5.60 Å². The summed E-state index contributed by atoms with van der Waals surface area (Å²) in [5.74, 6) is -0.440. The first-order valence-electron chi connectivity index (χ1n) is 6.71. The third kappa shape index (κ3) is 2.50. The summed E-state index contributed by atoms with van der Waals surface area (Å²) < 4.78 is 13.2. The van der Waals surface area contributed by atoms with E-state index in [0.29, 0.717) is 19.0 Å². The Hall–Kier alpha value is -0.680. The highest BCUT2D eigenvalue weighted by Crippen LogP contribution is 2.35. The van der Waals surface area contributed by atoms with E-state index in [1.165, 1.54) is 6.07 Å². The number of fused-ring (bicyclic) bond motifs is 1. The molecule has 5 heteroatoms. The highest BCUT2D eigenvalue weighted by atomic mass is 35.5. The van der Waals surface area contributed by atoms with Crippen molar-refractivity contribution < 1.29 is 9.50 Å². The van der Waals surface area contributed by atoms with Gasteiger partial charge in [0.15, 0.2) is 0 Å². The van der Waals surface area contributed by atoms with Gasteiger partial charge in [0, 0.05) is 32.2 Å². The van der Waals surface area contributed by atoms with Crippen LogP contribution < -0.4 is 5.32 Å². The van der Waals surface area contributed by atoms with Crippen LogP contribution in [0.5, 0.6) is 0 Å². The third-order valence-corrected chi connectivity index (χ3v) is 4.57. The molecule has 104 valence electrons. The summed E-state index contributed by atoms with van der Waals surface area (Å²) in [5, 5.41) is 14.3. The quantitative estimate of drug-likeness (QED) is 0.824. The van der Waals surface area contributed by atoms with Crippen LogP contribution in [-0.4, -0.2) is 42.2 Å². The summed E-state index contributed by atoms with van der Waals surface area (Å²) >= 11 is 5.82. The summed E-state index contributed by atoms with van der Waals surface area (Å²) in [6.45, 7) is 3.49. The molecule has 1 aromatic rings. The maximum Gasteiger partial charge on any atom is 0.141 e. The van der Waals surface area contributed by atoms with Gasteiger partial charge in [0.25, 0.3) is 0 Å². The average molecular weight is 285 g/mol. The fourth-order valence-corrected chi connectivity index (χ4v) is 3.32. The minimum atomic E-state index is -0.912. The molecule has 2 aliphatic heterocycles. The van der Waals surface area contributed by atoms with E-state index in [-0.39, 0.29) is 5.02 Å². The predicted octanol–water partition coefficient (Wildman–Crippen LogP) is 1.73. The van der Waals surface area contributed by atoms with E-state index in [0.717, 1.165) is 31.6 Å². The monoisotopic (exact) mass is 284 g/mol. The molecule has 0 bridgehead atoms. The Morgan fingerprint density at radius 3 is 3.11 bits per heavy atom. The molecule has 1 aromatic carbocycles. The van der Waals surface area contributed by atoms with Crippen molar-refractivity contribution in [3.05, 3.63) is 34.6 Å². The zero-order valence-corrected chi connectivity index (χ0v) is 11.5. The fourth-order valence-electron chi connectivity index (χ4n) is 3.14. The van der Waals surface area contributed by atoms with E-state index in [2.05, 4.69) is 10.2 Å². The number of hydrogen-bond acceptors (Lipinski definition) is 3. The second kappa shape index (κ2) is 5.02. The fraction of sp³-hybridized carbons (Fsp3) is 0.571. The molecule has 0 radical (unpaired) electrons. The molecular weight excluding hydrogens is 267 g/mol. The first-order valence-corrected chi connectivity index (χ1v) is 7.09. The lowest BCUT2D eigenvalue weighted by atomic mass is 9.82. The maximum absolute atomic E-state index is 13.2. The van der Waals surface area contributed by atoms with Crippen molar-refractivity contribution in [2.24, 2.45) is 0 Å². The number of aliphatic hydroxyl groups is 1. The van der Waals surface area contributed by atoms with Crippen molar-refractivity contribution in [3.63, 3.8) is 0 Å². The number of benzene rings is 1. The third-order valence-electron chi connectivity index (χ3n) is 4.28. The topological polar surface area (TPSA) is 35.5 Å². The average Bonchev–Trinajstić information content (AvgIpc) is 2.41. The van der Waals surface area contributed by atoms with Crippen molar-refractivity contribution in [3.8, 4) is 0 Å². The van der Waals surface area contributed by atoms with Crippen LogP contribution in [0.25, 0.3) is 0 Å². The summed E-state index contributed by atoms with van der Waals surface area (Å²) in [4.78, 5) is 2.32. The number of piperazine rings is 1. The van der Waals surface area contributed by atoms with E-state index in [1.807, 2.05) is 0 Å². The minimum absolute atomic E-state index is 0.0772. The molecule has 0 amide bonds. The van der Waals surface area contributed by atoms with Crippen molar-refractivity contribution in [2.45, 2.75) is 24.5 Å². The summed E-state index contributed by atoms with van der Waals surface area (Å²) in [5.41, 5.74) is -0.193.